The van der Waals surface area contributed by atoms with Crippen LogP contribution in [0.25, 0.3) is 11.1 Å². The molecular formula is C29H25F4N3O5. The summed E-state index contributed by atoms with van der Waals surface area (Å²) in [6.45, 7) is -0.818. The molecule has 1 spiro atoms. The van der Waals surface area contributed by atoms with E-state index in [2.05, 4.69) is 4.98 Å². The number of aromatic nitrogens is 1. The van der Waals surface area contributed by atoms with Crippen LogP contribution in [0.3, 0.4) is 0 Å². The van der Waals surface area contributed by atoms with E-state index in [4.69, 9.17) is 9.47 Å². The van der Waals surface area contributed by atoms with Crippen LogP contribution in [0.4, 0.5) is 17.6 Å². The third-order valence-corrected chi connectivity index (χ3v) is 7.39. The van der Waals surface area contributed by atoms with Crippen molar-refractivity contribution >= 4 is 17.6 Å². The number of ether oxygens (including phenoxy) is 2. The third kappa shape index (κ3) is 5.15. The Balaban J connectivity index is 1.37. The Morgan fingerprint density at radius 2 is 1.83 bits per heavy atom. The normalized spacial score (nSPS) is 19.0. The van der Waals surface area contributed by atoms with Crippen LogP contribution in [0.2, 0.25) is 0 Å². The van der Waals surface area contributed by atoms with Crippen LogP contribution in [0.5, 0.6) is 5.88 Å². The van der Waals surface area contributed by atoms with E-state index in [0.717, 1.165) is 35.1 Å². The lowest BCUT2D eigenvalue weighted by atomic mass is 9.92. The second-order valence-corrected chi connectivity index (χ2v) is 9.88. The number of benzene rings is 2. The Morgan fingerprint density at radius 3 is 2.46 bits per heavy atom. The number of nitrogens with zero attached hydrogens (tertiary/aromatic N) is 3. The van der Waals surface area contributed by atoms with Gasteiger partial charge in [-0.2, -0.15) is 13.2 Å². The molecule has 1 aliphatic carbocycles. The highest BCUT2D eigenvalue weighted by Gasteiger charge is 2.59. The summed E-state index contributed by atoms with van der Waals surface area (Å²) < 4.78 is 65.1. The highest BCUT2D eigenvalue weighted by molar-refractivity contribution is 6.15. The zero-order valence-electron chi connectivity index (χ0n) is 22.1. The molecule has 2 aromatic carbocycles. The average Bonchev–Trinajstić information content (AvgIpc) is 3.43. The highest BCUT2D eigenvalue weighted by Crippen LogP contribution is 2.43. The van der Waals surface area contributed by atoms with Crippen molar-refractivity contribution in [3.63, 3.8) is 0 Å². The Labute approximate surface area is 232 Å². The Kier molecular flexibility index (Phi) is 7.28. The molecular weight excluding hydrogens is 546 g/mol. The molecule has 41 heavy (non-hydrogen) atoms. The number of rotatable bonds is 7. The van der Waals surface area contributed by atoms with Crippen LogP contribution < -0.4 is 4.74 Å². The second kappa shape index (κ2) is 10.6. The van der Waals surface area contributed by atoms with Gasteiger partial charge in [0.15, 0.2) is 5.78 Å². The predicted molar refractivity (Wildman–Crippen MR) is 137 cm³/mol. The minimum atomic E-state index is -4.75. The molecule has 5 rings (SSSR count). The number of Topliss-reactive ketones (excluding diaryl/α,β-unsaturated/α-hetero) is 1. The molecule has 214 valence electrons. The van der Waals surface area contributed by atoms with Gasteiger partial charge >= 0.3 is 6.18 Å². The minimum Gasteiger partial charge on any atom is -0.481 e. The Morgan fingerprint density at radius 1 is 1.12 bits per heavy atom. The number of alkyl halides is 3. The van der Waals surface area contributed by atoms with E-state index in [9.17, 15) is 31.9 Å². The Bertz CT molecular complexity index is 1490. The van der Waals surface area contributed by atoms with E-state index in [-0.39, 0.29) is 12.0 Å². The summed E-state index contributed by atoms with van der Waals surface area (Å²) in [6, 6.07) is 11.1. The monoisotopic (exact) mass is 571 g/mol. The lowest BCUT2D eigenvalue weighted by molar-refractivity contribution is -0.187. The number of carbonyl (C=O) groups is 3. The van der Waals surface area contributed by atoms with E-state index in [1.54, 1.807) is 36.5 Å². The number of halogens is 4. The lowest BCUT2D eigenvalue weighted by Crippen LogP contribution is -2.51. The Hall–Kier alpha value is -4.32. The number of hydrogen-bond acceptors (Lipinski definition) is 6. The first kappa shape index (κ1) is 28.2. The van der Waals surface area contributed by atoms with Gasteiger partial charge in [-0.25, -0.2) is 9.37 Å². The van der Waals surface area contributed by atoms with Gasteiger partial charge in [0.1, 0.15) is 25.1 Å². The fourth-order valence-electron chi connectivity index (χ4n) is 5.07. The average molecular weight is 572 g/mol. The number of carbonyl (C=O) groups excluding carboxylic acids is 3. The summed E-state index contributed by atoms with van der Waals surface area (Å²) in [4.78, 5) is 45.6. The summed E-state index contributed by atoms with van der Waals surface area (Å²) in [5, 5.41) is 0. The molecule has 2 heterocycles. The number of methoxy groups -OCH3 is 1. The highest BCUT2D eigenvalue weighted by atomic mass is 19.4. The van der Waals surface area contributed by atoms with Crippen molar-refractivity contribution in [3.8, 4) is 17.0 Å². The molecule has 8 nitrogen and oxygen atoms in total. The lowest BCUT2D eigenvalue weighted by Gasteiger charge is -2.32. The minimum absolute atomic E-state index is 0.0952. The van der Waals surface area contributed by atoms with E-state index < -0.39 is 61.1 Å². The number of pyridine rings is 1. The molecule has 1 aromatic heterocycles. The van der Waals surface area contributed by atoms with Gasteiger partial charge in [0.25, 0.3) is 5.91 Å². The van der Waals surface area contributed by atoms with E-state index in [1.807, 2.05) is 0 Å². The first-order chi connectivity index (χ1) is 19.4. The summed E-state index contributed by atoms with van der Waals surface area (Å²) >= 11 is 0. The first-order valence-electron chi connectivity index (χ1n) is 12.6. The van der Waals surface area contributed by atoms with E-state index >= 15 is 0 Å². The molecule has 2 aliphatic rings. The molecule has 0 N–H and O–H groups in total. The summed E-state index contributed by atoms with van der Waals surface area (Å²) in [6.07, 6.45) is -3.24. The molecule has 2 amide bonds. The maximum absolute atomic E-state index is 13.7. The summed E-state index contributed by atoms with van der Waals surface area (Å²) in [5.41, 5.74) is 0.711. The molecule has 12 heteroatoms. The molecule has 0 radical (unpaired) electrons. The summed E-state index contributed by atoms with van der Waals surface area (Å²) in [7, 11) is 1.50. The third-order valence-electron chi connectivity index (χ3n) is 7.39. The van der Waals surface area contributed by atoms with Crippen LogP contribution in [-0.2, 0) is 37.7 Å². The van der Waals surface area contributed by atoms with E-state index in [0.29, 0.717) is 21.9 Å². The van der Waals surface area contributed by atoms with Crippen LogP contribution in [0.1, 0.15) is 23.6 Å². The molecule has 1 aliphatic heterocycles. The maximum atomic E-state index is 13.7. The van der Waals surface area contributed by atoms with Gasteiger partial charge in [-0.05, 0) is 41.8 Å². The maximum Gasteiger partial charge on any atom is 0.408 e. The van der Waals surface area contributed by atoms with Gasteiger partial charge in [0, 0.05) is 36.4 Å². The van der Waals surface area contributed by atoms with Gasteiger partial charge in [-0.3, -0.25) is 14.4 Å². The fourth-order valence-corrected chi connectivity index (χ4v) is 5.07. The van der Waals surface area contributed by atoms with Crippen molar-refractivity contribution in [2.45, 2.75) is 37.7 Å². The number of fused-ring (bicyclic) bond motifs is 2. The van der Waals surface area contributed by atoms with Crippen LogP contribution >= 0.6 is 0 Å². The molecule has 2 atom stereocenters. The standard InChI is InChI=1S/C29H25F4N3O5/c1-17(29(31,32)33)36(14-18-3-7-22(30)8-4-18)26(38)15-35-16-41-28(27(35)39)23-9-5-19(11-21(23)12-24(28)37)20-6-10-25(40-2)34-13-20/h3-11,13,17H,12,14-16H2,1-2H3/t17-,28+/m0/s1. The number of amides is 2. The van der Waals surface area contributed by atoms with Crippen molar-refractivity contribution < 1.29 is 41.4 Å². The number of ketones is 1. The topological polar surface area (TPSA) is 89.0 Å². The SMILES string of the molecule is COc1ccc(-c2ccc3c(c2)CC(=O)[C@]32OCN(CC(=O)N(Cc3ccc(F)cc3)[C@@H](C)C(F)(F)F)C2=O)cn1. The summed E-state index contributed by atoms with van der Waals surface area (Å²) in [5.74, 6) is -2.47. The van der Waals surface area contributed by atoms with Crippen molar-refractivity contribution in [1.29, 1.82) is 0 Å². The largest absolute Gasteiger partial charge is 0.481 e. The van der Waals surface area contributed by atoms with Crippen LogP contribution in [0.15, 0.2) is 60.8 Å². The van der Waals surface area contributed by atoms with Gasteiger partial charge in [0.2, 0.25) is 17.4 Å². The van der Waals surface area contributed by atoms with E-state index in [1.165, 1.54) is 19.2 Å². The fraction of sp³-hybridized carbons (Fsp3) is 0.310. The molecule has 0 saturated carbocycles. The van der Waals surface area contributed by atoms with Gasteiger partial charge in [-0.15, -0.1) is 0 Å². The molecule has 3 aromatic rings. The molecule has 0 bridgehead atoms. The second-order valence-electron chi connectivity index (χ2n) is 9.88. The van der Waals surface area contributed by atoms with Crippen LogP contribution in [0, 0.1) is 5.82 Å². The van der Waals surface area contributed by atoms with Crippen molar-refractivity contribution in [1.82, 2.24) is 14.8 Å². The van der Waals surface area contributed by atoms with Crippen LogP contribution in [-0.4, -0.2) is 65.0 Å². The first-order valence-corrected chi connectivity index (χ1v) is 12.6. The van der Waals surface area contributed by atoms with Gasteiger partial charge < -0.3 is 19.3 Å². The smallest absolute Gasteiger partial charge is 0.408 e. The van der Waals surface area contributed by atoms with Gasteiger partial charge in [-0.1, -0.05) is 30.3 Å². The predicted octanol–water partition coefficient (Wildman–Crippen LogP) is 4.01. The zero-order valence-corrected chi connectivity index (χ0v) is 22.1. The molecule has 0 unspecified atom stereocenters. The van der Waals surface area contributed by atoms with Gasteiger partial charge in [0.05, 0.1) is 7.11 Å². The van der Waals surface area contributed by atoms with Crippen molar-refractivity contribution in [2.24, 2.45) is 0 Å². The quantitative estimate of drug-likeness (QED) is 0.315. The zero-order chi connectivity index (χ0) is 29.5. The van der Waals surface area contributed by atoms with Crippen molar-refractivity contribution in [3.05, 3.63) is 83.3 Å². The molecule has 1 saturated heterocycles. The molecule has 1 fully saturated rings. The number of hydrogen-bond donors (Lipinski definition) is 0. The van der Waals surface area contributed by atoms with Crippen molar-refractivity contribution in [2.75, 3.05) is 20.4 Å².